The van der Waals surface area contributed by atoms with E-state index in [0.29, 0.717) is 11.1 Å². The molecule has 0 bridgehead atoms. The van der Waals surface area contributed by atoms with E-state index in [9.17, 15) is 17.6 Å². The molecule has 2 N–H and O–H groups in total. The lowest BCUT2D eigenvalue weighted by Crippen LogP contribution is -2.23. The van der Waals surface area contributed by atoms with Crippen molar-refractivity contribution in [3.63, 3.8) is 0 Å². The van der Waals surface area contributed by atoms with Crippen molar-refractivity contribution in [1.82, 2.24) is 9.71 Å². The number of halogens is 1. The fourth-order valence-electron chi connectivity index (χ4n) is 2.48. The predicted octanol–water partition coefficient (Wildman–Crippen LogP) is 3.09. The maximum atomic E-state index is 13.8. The van der Waals surface area contributed by atoms with E-state index in [-0.39, 0.29) is 22.5 Å². The van der Waals surface area contributed by atoms with Gasteiger partial charge in [0.15, 0.2) is 0 Å². The first-order chi connectivity index (χ1) is 12.9. The van der Waals surface area contributed by atoms with Crippen molar-refractivity contribution >= 4 is 32.5 Å². The molecule has 0 aliphatic heterocycles. The van der Waals surface area contributed by atoms with Crippen molar-refractivity contribution in [1.29, 1.82) is 0 Å². The first kappa shape index (κ1) is 18.7. The molecule has 0 atom stereocenters. The SMILES string of the molecule is C=CCNS(=O)(=O)c1ccc(C(=O)Nc2ccnc3c(F)cccc23)cc1. The van der Waals surface area contributed by atoms with E-state index >= 15 is 0 Å². The average Bonchev–Trinajstić information content (AvgIpc) is 2.67. The summed E-state index contributed by atoms with van der Waals surface area (Å²) in [5, 5.41) is 3.17. The van der Waals surface area contributed by atoms with Gasteiger partial charge >= 0.3 is 0 Å². The van der Waals surface area contributed by atoms with E-state index in [0.717, 1.165) is 0 Å². The van der Waals surface area contributed by atoms with Crippen molar-refractivity contribution in [2.45, 2.75) is 4.90 Å². The minimum atomic E-state index is -3.66. The second kappa shape index (κ2) is 7.65. The minimum absolute atomic E-state index is 0.0392. The van der Waals surface area contributed by atoms with Gasteiger partial charge in [-0.25, -0.2) is 17.5 Å². The number of para-hydroxylation sites is 1. The highest BCUT2D eigenvalue weighted by atomic mass is 32.2. The van der Waals surface area contributed by atoms with Gasteiger partial charge in [0.1, 0.15) is 11.3 Å². The molecule has 1 aromatic heterocycles. The predicted molar refractivity (Wildman–Crippen MR) is 101 cm³/mol. The Morgan fingerprint density at radius 2 is 1.89 bits per heavy atom. The van der Waals surface area contributed by atoms with Crippen molar-refractivity contribution in [2.75, 3.05) is 11.9 Å². The molecule has 8 heteroatoms. The third-order valence-electron chi connectivity index (χ3n) is 3.81. The number of sulfonamides is 1. The normalized spacial score (nSPS) is 11.3. The van der Waals surface area contributed by atoms with Gasteiger partial charge in [-0.1, -0.05) is 18.2 Å². The number of hydrogen-bond donors (Lipinski definition) is 2. The molecular formula is C19H16FN3O3S. The van der Waals surface area contributed by atoms with E-state index in [2.05, 4.69) is 21.6 Å². The number of benzene rings is 2. The van der Waals surface area contributed by atoms with Crippen LogP contribution >= 0.6 is 0 Å². The van der Waals surface area contributed by atoms with Crippen molar-refractivity contribution in [3.8, 4) is 0 Å². The molecule has 2 aromatic carbocycles. The Labute approximate surface area is 155 Å². The molecule has 0 spiro atoms. The third kappa shape index (κ3) is 4.02. The number of hydrogen-bond acceptors (Lipinski definition) is 4. The number of fused-ring (bicyclic) bond motifs is 1. The van der Waals surface area contributed by atoms with Gasteiger partial charge in [0.2, 0.25) is 10.0 Å². The summed E-state index contributed by atoms with van der Waals surface area (Å²) in [5.41, 5.74) is 0.831. The van der Waals surface area contributed by atoms with Gasteiger partial charge < -0.3 is 5.32 Å². The largest absolute Gasteiger partial charge is 0.321 e. The first-order valence-corrected chi connectivity index (χ1v) is 9.46. The highest BCUT2D eigenvalue weighted by Gasteiger charge is 2.15. The fraction of sp³-hybridized carbons (Fsp3) is 0.0526. The van der Waals surface area contributed by atoms with Crippen LogP contribution in [0.25, 0.3) is 10.9 Å². The van der Waals surface area contributed by atoms with Gasteiger partial charge in [0, 0.05) is 23.7 Å². The minimum Gasteiger partial charge on any atom is -0.321 e. The Balaban J connectivity index is 1.83. The smallest absolute Gasteiger partial charge is 0.255 e. The van der Waals surface area contributed by atoms with E-state index in [1.54, 1.807) is 12.1 Å². The van der Waals surface area contributed by atoms with Crippen LogP contribution in [0.3, 0.4) is 0 Å². The summed E-state index contributed by atoms with van der Waals surface area (Å²) in [4.78, 5) is 16.5. The standard InChI is InChI=1S/C19H16FN3O3S/c1-2-11-22-27(25,26)14-8-6-13(7-9-14)19(24)23-17-10-12-21-18-15(17)4-3-5-16(18)20/h2-10,12,22H,1,11H2,(H,21,23,24). The molecule has 0 fully saturated rings. The van der Waals surface area contributed by atoms with Gasteiger partial charge in [-0.2, -0.15) is 0 Å². The summed E-state index contributed by atoms with van der Waals surface area (Å²) in [6, 6.07) is 11.5. The number of nitrogens with one attached hydrogen (secondary N) is 2. The summed E-state index contributed by atoms with van der Waals surface area (Å²) in [5.74, 6) is -0.931. The van der Waals surface area contributed by atoms with E-state index < -0.39 is 21.7 Å². The number of rotatable bonds is 6. The quantitative estimate of drug-likeness (QED) is 0.638. The first-order valence-electron chi connectivity index (χ1n) is 7.97. The van der Waals surface area contributed by atoms with Crippen LogP contribution in [-0.4, -0.2) is 25.9 Å². The average molecular weight is 385 g/mol. The lowest BCUT2D eigenvalue weighted by Gasteiger charge is -2.09. The van der Waals surface area contributed by atoms with Crippen LogP contribution in [0.5, 0.6) is 0 Å². The second-order valence-electron chi connectivity index (χ2n) is 5.61. The number of carbonyl (C=O) groups is 1. The molecule has 0 unspecified atom stereocenters. The Hall–Kier alpha value is -3.10. The van der Waals surface area contributed by atoms with Crippen molar-refractivity contribution < 1.29 is 17.6 Å². The second-order valence-corrected chi connectivity index (χ2v) is 7.38. The highest BCUT2D eigenvalue weighted by molar-refractivity contribution is 7.89. The number of anilines is 1. The molecule has 0 saturated heterocycles. The molecule has 27 heavy (non-hydrogen) atoms. The Morgan fingerprint density at radius 3 is 2.59 bits per heavy atom. The molecule has 0 aliphatic rings. The lowest BCUT2D eigenvalue weighted by atomic mass is 10.1. The number of carbonyl (C=O) groups excluding carboxylic acids is 1. The van der Waals surface area contributed by atoms with Gasteiger partial charge in [-0.05, 0) is 36.4 Å². The Morgan fingerprint density at radius 1 is 1.15 bits per heavy atom. The van der Waals surface area contributed by atoms with Gasteiger partial charge in [-0.15, -0.1) is 6.58 Å². The van der Waals surface area contributed by atoms with Crippen LogP contribution in [0.2, 0.25) is 0 Å². The number of pyridine rings is 1. The topological polar surface area (TPSA) is 88.2 Å². The third-order valence-corrected chi connectivity index (χ3v) is 5.25. The maximum Gasteiger partial charge on any atom is 0.255 e. The van der Waals surface area contributed by atoms with Gasteiger partial charge in [-0.3, -0.25) is 9.78 Å². The summed E-state index contributed by atoms with van der Waals surface area (Å²) < 4.78 is 40.3. The van der Waals surface area contributed by atoms with E-state index in [1.807, 2.05) is 0 Å². The van der Waals surface area contributed by atoms with Crippen molar-refractivity contribution in [2.24, 2.45) is 0 Å². The summed E-state index contributed by atoms with van der Waals surface area (Å²) in [6.45, 7) is 3.56. The van der Waals surface area contributed by atoms with E-state index in [1.165, 1.54) is 48.7 Å². The van der Waals surface area contributed by atoms with Crippen LogP contribution in [0.1, 0.15) is 10.4 Å². The summed E-state index contributed by atoms with van der Waals surface area (Å²) >= 11 is 0. The van der Waals surface area contributed by atoms with Crippen LogP contribution in [0.4, 0.5) is 10.1 Å². The lowest BCUT2D eigenvalue weighted by molar-refractivity contribution is 0.102. The number of aromatic nitrogens is 1. The van der Waals surface area contributed by atoms with Crippen molar-refractivity contribution in [3.05, 3.63) is 78.8 Å². The molecule has 3 aromatic rings. The molecule has 0 radical (unpaired) electrons. The molecule has 6 nitrogen and oxygen atoms in total. The maximum absolute atomic E-state index is 13.8. The molecule has 0 saturated carbocycles. The van der Waals surface area contributed by atoms with E-state index in [4.69, 9.17) is 0 Å². The van der Waals surface area contributed by atoms with Crippen LogP contribution in [0.15, 0.2) is 72.3 Å². The zero-order valence-electron chi connectivity index (χ0n) is 14.1. The molecule has 1 heterocycles. The summed E-state index contributed by atoms with van der Waals surface area (Å²) in [7, 11) is -3.66. The Kier molecular flexibility index (Phi) is 5.29. The van der Waals surface area contributed by atoms with Crippen LogP contribution < -0.4 is 10.0 Å². The fourth-order valence-corrected chi connectivity index (χ4v) is 3.48. The molecule has 3 rings (SSSR count). The zero-order chi connectivity index (χ0) is 19.4. The Bertz CT molecular complexity index is 1110. The zero-order valence-corrected chi connectivity index (χ0v) is 15.0. The highest BCUT2D eigenvalue weighted by Crippen LogP contribution is 2.24. The van der Waals surface area contributed by atoms with Crippen LogP contribution in [-0.2, 0) is 10.0 Å². The van der Waals surface area contributed by atoms with Gasteiger partial charge in [0.25, 0.3) is 5.91 Å². The molecule has 1 amide bonds. The number of nitrogens with zero attached hydrogens (tertiary/aromatic N) is 1. The summed E-state index contributed by atoms with van der Waals surface area (Å²) in [6.07, 6.45) is 2.84. The molecule has 138 valence electrons. The van der Waals surface area contributed by atoms with Crippen LogP contribution in [0, 0.1) is 5.82 Å². The monoisotopic (exact) mass is 385 g/mol. The van der Waals surface area contributed by atoms with Gasteiger partial charge in [0.05, 0.1) is 10.6 Å². The number of amides is 1. The molecular weight excluding hydrogens is 369 g/mol. The molecule has 0 aliphatic carbocycles.